The largest absolute Gasteiger partial charge is 0.439 e. The van der Waals surface area contributed by atoms with Crippen LogP contribution in [0.5, 0.6) is 0 Å². The van der Waals surface area contributed by atoms with E-state index in [9.17, 15) is 9.59 Å². The summed E-state index contributed by atoms with van der Waals surface area (Å²) in [6.07, 6.45) is 0.176. The number of carbonyl (C=O) groups excluding carboxylic acids is 1. The fraction of sp³-hybridized carbons (Fsp3) is 0.739. The third kappa shape index (κ3) is 4.59. The van der Waals surface area contributed by atoms with Crippen LogP contribution in [-0.2, 0) is 18.8 Å². The Kier molecular flexibility index (Phi) is 6.87. The van der Waals surface area contributed by atoms with Crippen molar-refractivity contribution in [2.24, 2.45) is 0 Å². The van der Waals surface area contributed by atoms with Crippen LogP contribution < -0.4 is 10.5 Å². The average Bonchev–Trinajstić information content (AvgIpc) is 3.45. The van der Waals surface area contributed by atoms with Crippen LogP contribution >= 0.6 is 8.30 Å². The Hall–Kier alpha value is -2.07. The van der Waals surface area contributed by atoms with Crippen LogP contribution in [0, 0.1) is 0 Å². The number of nitrogens with zero attached hydrogens (tertiary/aromatic N) is 6. The molecule has 0 saturated carbocycles. The minimum absolute atomic E-state index is 0.0656. The summed E-state index contributed by atoms with van der Waals surface area (Å²) in [7, 11) is 0.927. The summed E-state index contributed by atoms with van der Waals surface area (Å²) in [6, 6.07) is 0.400. The fourth-order valence-electron chi connectivity index (χ4n) is 5.05. The van der Waals surface area contributed by atoms with Crippen molar-refractivity contribution >= 4 is 31.4 Å². The highest BCUT2D eigenvalue weighted by molar-refractivity contribution is 7.49. The number of rotatable bonds is 7. The van der Waals surface area contributed by atoms with E-state index in [4.69, 9.17) is 20.4 Å². The number of anilines is 1. The van der Waals surface area contributed by atoms with E-state index in [-0.39, 0.29) is 30.1 Å². The molecule has 4 rings (SSSR count). The summed E-state index contributed by atoms with van der Waals surface area (Å²) in [6.45, 7) is 14.0. The first-order valence-corrected chi connectivity index (χ1v) is 13.6. The van der Waals surface area contributed by atoms with Crippen LogP contribution in [0.4, 0.5) is 5.95 Å². The summed E-state index contributed by atoms with van der Waals surface area (Å²) >= 11 is 0. The van der Waals surface area contributed by atoms with Crippen molar-refractivity contribution < 1.29 is 20.2 Å². The Morgan fingerprint density at radius 1 is 1.34 bits per heavy atom. The molecule has 2 aliphatic heterocycles. The molecule has 2 aromatic heterocycles. The molecule has 0 radical (unpaired) electrons. The summed E-state index contributed by atoms with van der Waals surface area (Å²) in [5.74, 6) is -0.0701. The summed E-state index contributed by atoms with van der Waals surface area (Å²) in [5, 5.41) is 0. The van der Waals surface area contributed by atoms with E-state index >= 15 is 0 Å². The van der Waals surface area contributed by atoms with E-state index in [0.29, 0.717) is 30.1 Å². The number of ether oxygens (including phenoxy) is 2. The molecule has 1 saturated heterocycles. The fourth-order valence-corrected chi connectivity index (χ4v) is 7.08. The first kappa shape index (κ1) is 24.6. The van der Waals surface area contributed by atoms with Gasteiger partial charge in [-0.25, -0.2) is 9.55 Å². The highest BCUT2D eigenvalue weighted by Gasteiger charge is 2.41. The lowest BCUT2D eigenvalue weighted by molar-refractivity contribution is -0.151. The van der Waals surface area contributed by atoms with E-state index in [1.54, 1.807) is 10.9 Å². The van der Waals surface area contributed by atoms with Gasteiger partial charge in [0, 0.05) is 33.8 Å². The molecule has 3 unspecified atom stereocenters. The zero-order valence-corrected chi connectivity index (χ0v) is 22.6. The molecule has 0 aromatic carbocycles. The Bertz CT molecular complexity index is 1160. The molecule has 0 aliphatic carbocycles. The number of esters is 1. The zero-order valence-electron chi connectivity index (χ0n) is 22.7. The van der Waals surface area contributed by atoms with Gasteiger partial charge in [0.2, 0.25) is 12.2 Å². The van der Waals surface area contributed by atoms with Crippen LogP contribution in [-0.4, -0.2) is 73.8 Å². The molecule has 12 heteroatoms. The minimum atomic E-state index is -0.882. The van der Waals surface area contributed by atoms with E-state index in [1.807, 2.05) is 18.9 Å². The number of aromatic nitrogens is 4. The highest BCUT2D eigenvalue weighted by atomic mass is 31.2. The molecular weight excluding hydrogens is 471 g/mol. The molecule has 6 atom stereocenters. The molecule has 0 bridgehead atoms. The molecule has 2 aromatic rings. The molecule has 194 valence electrons. The third-order valence-corrected chi connectivity index (χ3v) is 8.80. The molecule has 1 fully saturated rings. The lowest BCUT2D eigenvalue weighted by atomic mass is 10.2. The normalized spacial score (nSPS) is 27.8. The molecule has 0 N–H and O–H groups in total. The van der Waals surface area contributed by atoms with Crippen LogP contribution in [0.15, 0.2) is 11.1 Å². The summed E-state index contributed by atoms with van der Waals surface area (Å²) < 4.78 is 31.7. The summed E-state index contributed by atoms with van der Waals surface area (Å²) in [4.78, 5) is 36.0. The van der Waals surface area contributed by atoms with Gasteiger partial charge in [-0.2, -0.15) is 4.98 Å². The van der Waals surface area contributed by atoms with Crippen molar-refractivity contribution in [2.45, 2.75) is 97.7 Å². The van der Waals surface area contributed by atoms with Crippen LogP contribution in [0.1, 0.15) is 68.7 Å². The van der Waals surface area contributed by atoms with Gasteiger partial charge in [0.15, 0.2) is 11.2 Å². The van der Waals surface area contributed by atoms with Crippen molar-refractivity contribution in [1.29, 1.82) is 0 Å². The second kappa shape index (κ2) is 9.76. The Morgan fingerprint density at radius 3 is 2.63 bits per heavy atom. The van der Waals surface area contributed by atoms with Gasteiger partial charge in [0.05, 0.1) is 24.6 Å². The average molecular weight is 510 g/mol. The van der Waals surface area contributed by atoms with Gasteiger partial charge in [-0.1, -0.05) is 0 Å². The predicted octanol–water partition coefficient (Wildman–Crippen LogP) is 3.25. The number of fused-ring (bicyclic) bond motifs is 2. The smallest absolute Gasteiger partial charge is 0.304 e. The molecule has 4 heterocycles. The van der Waals surface area contributed by atoms with Crippen LogP contribution in [0.25, 0.3) is 11.2 Å². The maximum Gasteiger partial charge on any atom is 0.304 e. The van der Waals surface area contributed by atoms with Crippen molar-refractivity contribution in [2.75, 3.05) is 18.6 Å². The van der Waals surface area contributed by atoms with Crippen LogP contribution in [0.2, 0.25) is 0 Å². The molecular formula is C23H37N6O5P. The van der Waals surface area contributed by atoms with E-state index in [2.05, 4.69) is 44.0 Å². The van der Waals surface area contributed by atoms with E-state index in [1.165, 1.54) is 11.5 Å². The van der Waals surface area contributed by atoms with Gasteiger partial charge in [0.1, 0.15) is 14.5 Å². The maximum atomic E-state index is 13.4. The van der Waals surface area contributed by atoms with Gasteiger partial charge >= 0.3 is 5.97 Å². The zero-order chi connectivity index (χ0) is 26.5. The minimum Gasteiger partial charge on any atom is -0.439 e. The van der Waals surface area contributed by atoms with Crippen molar-refractivity contribution in [3.63, 3.8) is 0 Å². The van der Waals surface area contributed by atoms with Gasteiger partial charge in [-0.15, -0.1) is 0 Å². The van der Waals surface area contributed by atoms with Gasteiger partial charge in [-0.3, -0.25) is 18.8 Å². The van der Waals surface area contributed by atoms with E-state index in [0.717, 1.165) is 0 Å². The van der Waals surface area contributed by atoms with Crippen molar-refractivity contribution in [3.8, 4) is 0 Å². The van der Waals surface area contributed by atoms with Gasteiger partial charge < -0.3 is 18.9 Å². The van der Waals surface area contributed by atoms with Crippen LogP contribution in [0.3, 0.4) is 0 Å². The van der Waals surface area contributed by atoms with Gasteiger partial charge in [-0.05, 0) is 48.2 Å². The van der Waals surface area contributed by atoms with Crippen molar-refractivity contribution in [1.82, 2.24) is 23.8 Å². The Balaban J connectivity index is 1.64. The lowest BCUT2D eigenvalue weighted by Gasteiger charge is -2.36. The number of carbonyl (C=O) groups is 1. The molecule has 0 amide bonds. The van der Waals surface area contributed by atoms with Gasteiger partial charge in [0.25, 0.3) is 5.56 Å². The number of hydrogen-bond acceptors (Lipinski definition) is 9. The number of hydrogen-bond donors (Lipinski definition) is 0. The highest BCUT2D eigenvalue weighted by Crippen LogP contribution is 2.46. The monoisotopic (exact) mass is 509 g/mol. The first-order valence-electron chi connectivity index (χ1n) is 12.7. The topological polar surface area (TPSA) is 104 Å². The molecule has 11 nitrogen and oxygen atoms in total. The van der Waals surface area contributed by atoms with E-state index < -0.39 is 32.8 Å². The predicted molar refractivity (Wildman–Crippen MR) is 134 cm³/mol. The quantitative estimate of drug-likeness (QED) is 0.411. The molecule has 0 spiro atoms. The lowest BCUT2D eigenvalue weighted by Crippen LogP contribution is -2.34. The Labute approximate surface area is 208 Å². The second-order valence-corrected chi connectivity index (χ2v) is 11.4. The maximum absolute atomic E-state index is 13.4. The standard InChI is InChI=1S/C23H37N6O5P/c1-12(2)29(13(3)4)35(9)34-17-10-18(32-15(17)6)27-11-24-19-20(27)25-23-26(8)14(5)22(33-16(7)30)28(23)21(19)31/h11-15,17-18,22H,10H2,1-9H3/t14?,15-,17-,18-,22?,35?/m1/s1/i6D. The number of likely N-dealkylation sites (N-methyl/N-ethyl adjacent to an activating group) is 1. The second-order valence-electron chi connectivity index (χ2n) is 9.80. The Morgan fingerprint density at radius 2 is 2.03 bits per heavy atom. The number of imidazole rings is 1. The van der Waals surface area contributed by atoms with Crippen molar-refractivity contribution in [3.05, 3.63) is 16.7 Å². The first-order chi connectivity index (χ1) is 17.0. The molecule has 2 aliphatic rings. The third-order valence-electron chi connectivity index (χ3n) is 6.65. The summed E-state index contributed by atoms with van der Waals surface area (Å²) in [5.41, 5.74) is 0.200. The molecule has 35 heavy (non-hydrogen) atoms. The SMILES string of the molecule is [2H]C[C@H]1O[C@@H](n2cnc3c(=O)n4c(nc32)N(C)C(C)C4OC(C)=O)C[C@H]1OP(C)N(C(C)C)C(C)C.